The molecular formula is C18H24N2O3. The molecular weight excluding hydrogens is 292 g/mol. The average Bonchev–Trinajstić information content (AvgIpc) is 3.34. The summed E-state index contributed by atoms with van der Waals surface area (Å²) in [7, 11) is 1.65. The van der Waals surface area contributed by atoms with Crippen molar-refractivity contribution in [1.82, 2.24) is 4.90 Å². The van der Waals surface area contributed by atoms with Gasteiger partial charge in [-0.1, -0.05) is 18.2 Å². The molecule has 5 heteroatoms. The molecule has 1 saturated heterocycles. The van der Waals surface area contributed by atoms with E-state index in [1.54, 1.807) is 7.11 Å². The Bertz CT molecular complexity index is 616. The molecule has 2 amide bonds. The standard InChI is InChI=1S/C18H24N2O3/c1-11-7-8-12(17(19)21)10-20(11)18(22)15-9-14(15)13-5-3-4-6-16(13)23-2/h3-6,11-12,14-15H,7-10H2,1-2H3,(H2,19,21). The molecule has 2 aliphatic rings. The van der Waals surface area contributed by atoms with E-state index in [1.165, 1.54) is 0 Å². The molecule has 0 radical (unpaired) electrons. The zero-order chi connectivity index (χ0) is 16.6. The first-order chi connectivity index (χ1) is 11.0. The number of rotatable bonds is 4. The number of nitrogens with two attached hydrogens (primary N) is 1. The predicted molar refractivity (Wildman–Crippen MR) is 86.9 cm³/mol. The Balaban J connectivity index is 1.71. The third kappa shape index (κ3) is 3.05. The summed E-state index contributed by atoms with van der Waals surface area (Å²) in [6, 6.07) is 8.05. The van der Waals surface area contributed by atoms with Crippen LogP contribution < -0.4 is 10.5 Å². The first-order valence-corrected chi connectivity index (χ1v) is 8.25. The van der Waals surface area contributed by atoms with Crippen molar-refractivity contribution in [2.75, 3.05) is 13.7 Å². The first-order valence-electron chi connectivity index (χ1n) is 8.25. The number of hydrogen-bond donors (Lipinski definition) is 1. The van der Waals surface area contributed by atoms with E-state index in [1.807, 2.05) is 29.2 Å². The highest BCUT2D eigenvalue weighted by Gasteiger charge is 2.48. The Hall–Kier alpha value is -2.04. The van der Waals surface area contributed by atoms with E-state index in [4.69, 9.17) is 10.5 Å². The largest absolute Gasteiger partial charge is 0.496 e. The molecule has 2 N–H and O–H groups in total. The van der Waals surface area contributed by atoms with Gasteiger partial charge in [0.25, 0.3) is 0 Å². The molecule has 1 aliphatic heterocycles. The molecule has 4 atom stereocenters. The summed E-state index contributed by atoms with van der Waals surface area (Å²) in [6.07, 6.45) is 2.47. The minimum absolute atomic E-state index is 0.000349. The lowest BCUT2D eigenvalue weighted by atomic mass is 9.92. The monoisotopic (exact) mass is 316 g/mol. The Morgan fingerprint density at radius 3 is 2.70 bits per heavy atom. The lowest BCUT2D eigenvalue weighted by molar-refractivity contribution is -0.138. The molecule has 0 spiro atoms. The van der Waals surface area contributed by atoms with Gasteiger partial charge in [-0.25, -0.2) is 0 Å². The first kappa shape index (κ1) is 15.8. The molecule has 0 bridgehead atoms. The number of benzene rings is 1. The topological polar surface area (TPSA) is 72.6 Å². The maximum atomic E-state index is 12.9. The molecule has 1 aromatic carbocycles. The fourth-order valence-electron chi connectivity index (χ4n) is 3.64. The van der Waals surface area contributed by atoms with Gasteiger partial charge in [-0.3, -0.25) is 9.59 Å². The minimum Gasteiger partial charge on any atom is -0.496 e. The van der Waals surface area contributed by atoms with Gasteiger partial charge in [0.05, 0.1) is 13.0 Å². The molecule has 3 rings (SSSR count). The number of likely N-dealkylation sites (tertiary alicyclic amines) is 1. The Morgan fingerprint density at radius 2 is 2.00 bits per heavy atom. The van der Waals surface area contributed by atoms with Crippen molar-refractivity contribution in [2.45, 2.75) is 38.1 Å². The van der Waals surface area contributed by atoms with Crippen molar-refractivity contribution < 1.29 is 14.3 Å². The van der Waals surface area contributed by atoms with Gasteiger partial charge in [0.1, 0.15) is 5.75 Å². The summed E-state index contributed by atoms with van der Waals surface area (Å²) >= 11 is 0. The van der Waals surface area contributed by atoms with E-state index in [-0.39, 0.29) is 35.6 Å². The quantitative estimate of drug-likeness (QED) is 0.922. The highest BCUT2D eigenvalue weighted by molar-refractivity contribution is 5.85. The maximum Gasteiger partial charge on any atom is 0.226 e. The van der Waals surface area contributed by atoms with E-state index in [9.17, 15) is 9.59 Å². The SMILES string of the molecule is COc1ccccc1C1CC1C(=O)N1CC(C(N)=O)CCC1C. The number of primary amides is 1. The fraction of sp³-hybridized carbons (Fsp3) is 0.556. The maximum absolute atomic E-state index is 12.9. The molecule has 1 heterocycles. The summed E-state index contributed by atoms with van der Waals surface area (Å²) in [6.45, 7) is 2.51. The summed E-state index contributed by atoms with van der Waals surface area (Å²) < 4.78 is 5.40. The van der Waals surface area contributed by atoms with Crippen LogP contribution in [0.3, 0.4) is 0 Å². The number of amides is 2. The third-order valence-electron chi connectivity index (χ3n) is 5.21. The summed E-state index contributed by atoms with van der Waals surface area (Å²) in [5.41, 5.74) is 6.53. The van der Waals surface area contributed by atoms with Gasteiger partial charge >= 0.3 is 0 Å². The number of ether oxygens (including phenoxy) is 1. The van der Waals surface area contributed by atoms with Crippen molar-refractivity contribution in [2.24, 2.45) is 17.6 Å². The van der Waals surface area contributed by atoms with Crippen LogP contribution >= 0.6 is 0 Å². The van der Waals surface area contributed by atoms with E-state index < -0.39 is 0 Å². The summed E-state index contributed by atoms with van der Waals surface area (Å²) in [4.78, 5) is 26.2. The van der Waals surface area contributed by atoms with Crippen molar-refractivity contribution in [3.8, 4) is 5.75 Å². The van der Waals surface area contributed by atoms with Crippen LogP contribution in [0.25, 0.3) is 0 Å². The second kappa shape index (κ2) is 6.22. The predicted octanol–water partition coefficient (Wildman–Crippen LogP) is 1.91. The second-order valence-corrected chi connectivity index (χ2v) is 6.71. The molecule has 1 aromatic rings. The number of para-hydroxylation sites is 1. The van der Waals surface area contributed by atoms with E-state index >= 15 is 0 Å². The smallest absolute Gasteiger partial charge is 0.226 e. The molecule has 1 saturated carbocycles. The average molecular weight is 316 g/mol. The lowest BCUT2D eigenvalue weighted by Crippen LogP contribution is -2.49. The van der Waals surface area contributed by atoms with E-state index in [0.717, 1.165) is 30.6 Å². The normalized spacial score (nSPS) is 29.9. The van der Waals surface area contributed by atoms with E-state index in [2.05, 4.69) is 6.92 Å². The Kier molecular flexibility index (Phi) is 4.28. The van der Waals surface area contributed by atoms with Gasteiger partial charge in [0.15, 0.2) is 0 Å². The highest BCUT2D eigenvalue weighted by atomic mass is 16.5. The lowest BCUT2D eigenvalue weighted by Gasteiger charge is -2.37. The van der Waals surface area contributed by atoms with Crippen molar-refractivity contribution in [1.29, 1.82) is 0 Å². The van der Waals surface area contributed by atoms with Crippen molar-refractivity contribution in [3.05, 3.63) is 29.8 Å². The van der Waals surface area contributed by atoms with Crippen molar-refractivity contribution in [3.63, 3.8) is 0 Å². The number of nitrogens with zero attached hydrogens (tertiary/aromatic N) is 1. The van der Waals surface area contributed by atoms with Crippen LogP contribution in [0.5, 0.6) is 5.75 Å². The molecule has 2 fully saturated rings. The van der Waals surface area contributed by atoms with Crippen LogP contribution in [0.4, 0.5) is 0 Å². The van der Waals surface area contributed by atoms with Crippen LogP contribution in [0.2, 0.25) is 0 Å². The van der Waals surface area contributed by atoms with E-state index in [0.29, 0.717) is 6.54 Å². The summed E-state index contributed by atoms with van der Waals surface area (Å²) in [5, 5.41) is 0. The van der Waals surface area contributed by atoms with Gasteiger partial charge in [0.2, 0.25) is 11.8 Å². The third-order valence-corrected chi connectivity index (χ3v) is 5.21. The van der Waals surface area contributed by atoms with Crippen LogP contribution in [-0.2, 0) is 9.59 Å². The highest BCUT2D eigenvalue weighted by Crippen LogP contribution is 2.51. The van der Waals surface area contributed by atoms with Gasteiger partial charge < -0.3 is 15.4 Å². The fourth-order valence-corrected chi connectivity index (χ4v) is 3.64. The molecule has 23 heavy (non-hydrogen) atoms. The van der Waals surface area contributed by atoms with Gasteiger partial charge in [0, 0.05) is 18.5 Å². The molecule has 5 nitrogen and oxygen atoms in total. The van der Waals surface area contributed by atoms with Gasteiger partial charge in [-0.05, 0) is 43.7 Å². The number of methoxy groups -OCH3 is 1. The Labute approximate surface area is 136 Å². The molecule has 0 aromatic heterocycles. The van der Waals surface area contributed by atoms with Gasteiger partial charge in [-0.15, -0.1) is 0 Å². The number of carbonyl (C=O) groups excluding carboxylic acids is 2. The number of hydrogen-bond acceptors (Lipinski definition) is 3. The minimum atomic E-state index is -0.299. The molecule has 1 aliphatic carbocycles. The molecule has 4 unspecified atom stereocenters. The van der Waals surface area contributed by atoms with Crippen LogP contribution in [0, 0.1) is 11.8 Å². The molecule has 124 valence electrons. The Morgan fingerprint density at radius 1 is 1.26 bits per heavy atom. The van der Waals surface area contributed by atoms with Crippen LogP contribution in [-0.4, -0.2) is 36.4 Å². The van der Waals surface area contributed by atoms with Crippen LogP contribution in [0.15, 0.2) is 24.3 Å². The number of carbonyl (C=O) groups is 2. The van der Waals surface area contributed by atoms with Crippen LogP contribution in [0.1, 0.15) is 37.7 Å². The zero-order valence-corrected chi connectivity index (χ0v) is 13.7. The van der Waals surface area contributed by atoms with Gasteiger partial charge in [-0.2, -0.15) is 0 Å². The summed E-state index contributed by atoms with van der Waals surface area (Å²) in [5.74, 6) is 0.708. The number of piperidine rings is 1. The van der Waals surface area contributed by atoms with Crippen molar-refractivity contribution >= 4 is 11.8 Å². The zero-order valence-electron chi connectivity index (χ0n) is 13.7. The second-order valence-electron chi connectivity index (χ2n) is 6.71.